The molecule has 0 radical (unpaired) electrons. The van der Waals surface area contributed by atoms with E-state index in [-0.39, 0.29) is 0 Å². The molecule has 1 aliphatic rings. The Balaban J connectivity index is 2.24. The maximum Gasteiger partial charge on any atom is 0.0490 e. The van der Waals surface area contributed by atoms with Gasteiger partial charge in [-0.15, -0.1) is 0 Å². The van der Waals surface area contributed by atoms with Gasteiger partial charge in [-0.3, -0.25) is 11.3 Å². The van der Waals surface area contributed by atoms with E-state index < -0.39 is 0 Å². The minimum Gasteiger partial charge on any atom is -0.271 e. The number of nitrogens with two attached hydrogens (primary N) is 1. The van der Waals surface area contributed by atoms with E-state index in [0.717, 1.165) is 5.92 Å². The first kappa shape index (κ1) is 13.6. The van der Waals surface area contributed by atoms with Crippen LogP contribution >= 0.6 is 0 Å². The molecule has 0 amide bonds. The van der Waals surface area contributed by atoms with Gasteiger partial charge in [0, 0.05) is 6.04 Å². The quantitative estimate of drug-likeness (QED) is 0.631. The van der Waals surface area contributed by atoms with Gasteiger partial charge in [0.15, 0.2) is 0 Å². The molecule has 0 spiro atoms. The van der Waals surface area contributed by atoms with Crippen molar-refractivity contribution in [1.29, 1.82) is 0 Å². The van der Waals surface area contributed by atoms with Crippen LogP contribution in [-0.4, -0.2) is 0 Å². The Morgan fingerprint density at radius 2 is 2.06 bits per heavy atom. The SMILES string of the molecule is Cc1cccc(C(NN)C2CCCC(C)C2)c1C. The summed E-state index contributed by atoms with van der Waals surface area (Å²) in [7, 11) is 0. The molecular weight excluding hydrogens is 220 g/mol. The lowest BCUT2D eigenvalue weighted by molar-refractivity contribution is 0.224. The third-order valence-corrected chi connectivity index (χ3v) is 4.61. The first-order valence-corrected chi connectivity index (χ1v) is 7.15. The summed E-state index contributed by atoms with van der Waals surface area (Å²) in [6.07, 6.45) is 5.31. The minimum absolute atomic E-state index is 0.313. The average Bonchev–Trinajstić information content (AvgIpc) is 2.35. The number of nitrogens with one attached hydrogen (secondary N) is 1. The van der Waals surface area contributed by atoms with Gasteiger partial charge >= 0.3 is 0 Å². The molecule has 0 aliphatic heterocycles. The molecule has 2 rings (SSSR count). The molecule has 0 saturated heterocycles. The summed E-state index contributed by atoms with van der Waals surface area (Å²) in [6.45, 7) is 6.75. The van der Waals surface area contributed by atoms with E-state index in [1.807, 2.05) is 0 Å². The van der Waals surface area contributed by atoms with E-state index in [1.165, 1.54) is 42.4 Å². The van der Waals surface area contributed by atoms with Crippen LogP contribution in [0.1, 0.15) is 55.3 Å². The lowest BCUT2D eigenvalue weighted by atomic mass is 9.76. The lowest BCUT2D eigenvalue weighted by Gasteiger charge is -2.34. The molecule has 1 saturated carbocycles. The first-order chi connectivity index (χ1) is 8.63. The number of benzene rings is 1. The van der Waals surface area contributed by atoms with Gasteiger partial charge in [-0.05, 0) is 55.2 Å². The Hall–Kier alpha value is -0.860. The van der Waals surface area contributed by atoms with Gasteiger partial charge in [0.1, 0.15) is 0 Å². The zero-order valence-corrected chi connectivity index (χ0v) is 11.9. The highest BCUT2D eigenvalue weighted by Crippen LogP contribution is 2.37. The van der Waals surface area contributed by atoms with E-state index in [9.17, 15) is 0 Å². The molecule has 1 fully saturated rings. The van der Waals surface area contributed by atoms with E-state index in [2.05, 4.69) is 44.4 Å². The Bertz CT molecular complexity index is 400. The zero-order chi connectivity index (χ0) is 13.1. The summed E-state index contributed by atoms with van der Waals surface area (Å²) in [6, 6.07) is 6.86. The second kappa shape index (κ2) is 5.85. The molecular formula is C16H26N2. The van der Waals surface area contributed by atoms with Crippen molar-refractivity contribution in [2.24, 2.45) is 17.7 Å². The number of hydrogen-bond acceptors (Lipinski definition) is 2. The van der Waals surface area contributed by atoms with Crippen LogP contribution in [0.3, 0.4) is 0 Å². The maximum atomic E-state index is 5.85. The molecule has 2 nitrogen and oxygen atoms in total. The van der Waals surface area contributed by atoms with E-state index in [1.54, 1.807) is 0 Å². The Morgan fingerprint density at radius 3 is 2.72 bits per heavy atom. The highest BCUT2D eigenvalue weighted by atomic mass is 15.2. The van der Waals surface area contributed by atoms with Crippen molar-refractivity contribution in [2.45, 2.75) is 52.5 Å². The van der Waals surface area contributed by atoms with Crippen LogP contribution in [0.25, 0.3) is 0 Å². The van der Waals surface area contributed by atoms with Gasteiger partial charge in [0.05, 0.1) is 0 Å². The van der Waals surface area contributed by atoms with Crippen LogP contribution in [0.5, 0.6) is 0 Å². The van der Waals surface area contributed by atoms with Crippen molar-refractivity contribution in [2.75, 3.05) is 0 Å². The van der Waals surface area contributed by atoms with Crippen LogP contribution in [0, 0.1) is 25.7 Å². The molecule has 0 heterocycles. The van der Waals surface area contributed by atoms with Crippen LogP contribution in [0.15, 0.2) is 18.2 Å². The summed E-state index contributed by atoms with van der Waals surface area (Å²) in [5.41, 5.74) is 7.21. The fourth-order valence-corrected chi connectivity index (χ4v) is 3.37. The molecule has 1 aromatic rings. The fraction of sp³-hybridized carbons (Fsp3) is 0.625. The zero-order valence-electron chi connectivity index (χ0n) is 11.9. The van der Waals surface area contributed by atoms with Crippen molar-refractivity contribution >= 4 is 0 Å². The van der Waals surface area contributed by atoms with Gasteiger partial charge in [-0.1, -0.05) is 38.0 Å². The topological polar surface area (TPSA) is 38.0 Å². The van der Waals surface area contributed by atoms with Crippen LogP contribution in [0.2, 0.25) is 0 Å². The van der Waals surface area contributed by atoms with E-state index >= 15 is 0 Å². The first-order valence-electron chi connectivity index (χ1n) is 7.15. The van der Waals surface area contributed by atoms with Crippen LogP contribution in [-0.2, 0) is 0 Å². The van der Waals surface area contributed by atoms with Crippen molar-refractivity contribution in [3.05, 3.63) is 34.9 Å². The second-order valence-electron chi connectivity index (χ2n) is 5.97. The molecule has 1 aromatic carbocycles. The van der Waals surface area contributed by atoms with Gasteiger partial charge in [-0.2, -0.15) is 0 Å². The summed E-state index contributed by atoms with van der Waals surface area (Å²) < 4.78 is 0. The molecule has 3 unspecified atom stereocenters. The normalized spacial score (nSPS) is 26.0. The standard InChI is InChI=1S/C16H26N2/c1-11-6-4-8-14(10-11)16(18-17)15-9-5-7-12(2)13(15)3/h5,7,9,11,14,16,18H,4,6,8,10,17H2,1-3H3. The molecule has 0 aromatic heterocycles. The summed E-state index contributed by atoms with van der Waals surface area (Å²) >= 11 is 0. The highest BCUT2D eigenvalue weighted by Gasteiger charge is 2.28. The van der Waals surface area contributed by atoms with Gasteiger partial charge in [-0.25, -0.2) is 0 Å². The summed E-state index contributed by atoms with van der Waals surface area (Å²) in [4.78, 5) is 0. The Labute approximate surface area is 111 Å². The maximum absolute atomic E-state index is 5.85. The average molecular weight is 246 g/mol. The minimum atomic E-state index is 0.313. The predicted octanol–water partition coefficient (Wildman–Crippen LogP) is 3.63. The van der Waals surface area contributed by atoms with Crippen molar-refractivity contribution in [3.63, 3.8) is 0 Å². The Kier molecular flexibility index (Phi) is 4.41. The molecule has 1 aliphatic carbocycles. The van der Waals surface area contributed by atoms with Gasteiger partial charge < -0.3 is 0 Å². The second-order valence-corrected chi connectivity index (χ2v) is 5.97. The number of hydrogen-bond donors (Lipinski definition) is 2. The van der Waals surface area contributed by atoms with Gasteiger partial charge in [0.2, 0.25) is 0 Å². The predicted molar refractivity (Wildman–Crippen MR) is 77.1 cm³/mol. The van der Waals surface area contributed by atoms with Crippen LogP contribution in [0.4, 0.5) is 0 Å². The van der Waals surface area contributed by atoms with Crippen molar-refractivity contribution < 1.29 is 0 Å². The largest absolute Gasteiger partial charge is 0.271 e. The molecule has 2 heteroatoms. The highest BCUT2D eigenvalue weighted by molar-refractivity contribution is 5.35. The van der Waals surface area contributed by atoms with Crippen LogP contribution < -0.4 is 11.3 Å². The Morgan fingerprint density at radius 1 is 1.28 bits per heavy atom. The fourth-order valence-electron chi connectivity index (χ4n) is 3.37. The molecule has 3 N–H and O–H groups in total. The number of hydrazine groups is 1. The molecule has 100 valence electrons. The smallest absolute Gasteiger partial charge is 0.0490 e. The molecule has 3 atom stereocenters. The van der Waals surface area contributed by atoms with E-state index in [4.69, 9.17) is 5.84 Å². The third kappa shape index (κ3) is 2.76. The number of aryl methyl sites for hydroxylation is 1. The van der Waals surface area contributed by atoms with Gasteiger partial charge in [0.25, 0.3) is 0 Å². The lowest BCUT2D eigenvalue weighted by Crippen LogP contribution is -2.36. The number of rotatable bonds is 3. The molecule has 18 heavy (non-hydrogen) atoms. The summed E-state index contributed by atoms with van der Waals surface area (Å²) in [5.74, 6) is 7.37. The third-order valence-electron chi connectivity index (χ3n) is 4.61. The van der Waals surface area contributed by atoms with E-state index in [0.29, 0.717) is 12.0 Å². The van der Waals surface area contributed by atoms with Crippen molar-refractivity contribution in [1.82, 2.24) is 5.43 Å². The monoisotopic (exact) mass is 246 g/mol. The molecule has 0 bridgehead atoms. The van der Waals surface area contributed by atoms with Crippen molar-refractivity contribution in [3.8, 4) is 0 Å². The summed E-state index contributed by atoms with van der Waals surface area (Å²) in [5, 5.41) is 0.